The van der Waals surface area contributed by atoms with E-state index in [2.05, 4.69) is 29.8 Å². The molecule has 0 aliphatic rings. The second kappa shape index (κ2) is 14.4. The van der Waals surface area contributed by atoms with Gasteiger partial charge in [0.05, 0.1) is 35.5 Å². The van der Waals surface area contributed by atoms with Crippen molar-refractivity contribution < 1.29 is 29.0 Å². The Morgan fingerprint density at radius 3 is 2.28 bits per heavy atom. The molecule has 0 spiro atoms. The lowest BCUT2D eigenvalue weighted by atomic mass is 10.0. The molecular weight excluding hydrogens is 545 g/mol. The van der Waals surface area contributed by atoms with E-state index in [1.165, 1.54) is 42.0 Å². The second-order valence-electron chi connectivity index (χ2n) is 8.69. The Labute approximate surface area is 236 Å². The molecule has 3 rings (SSSR count). The number of carbonyl (C=O) groups is 3. The minimum atomic E-state index is -1.49. The van der Waals surface area contributed by atoms with Gasteiger partial charge < -0.3 is 35.3 Å². The zero-order valence-electron chi connectivity index (χ0n) is 21.4. The smallest absolute Gasteiger partial charge is 0.319 e. The van der Waals surface area contributed by atoms with Gasteiger partial charge in [-0.05, 0) is 60.0 Å². The fourth-order valence-electron chi connectivity index (χ4n) is 3.44. The highest BCUT2D eigenvalue weighted by atomic mass is 35.5. The molecule has 0 aliphatic carbocycles. The number of rotatable bonds is 12. The summed E-state index contributed by atoms with van der Waals surface area (Å²) in [7, 11) is 0. The molecule has 9 nitrogen and oxygen atoms in total. The van der Waals surface area contributed by atoms with E-state index in [1.54, 1.807) is 0 Å². The summed E-state index contributed by atoms with van der Waals surface area (Å²) < 4.78 is 11.0. The number of halogens is 2. The minimum absolute atomic E-state index is 0.0230. The number of urea groups is 1. The highest BCUT2D eigenvalue weighted by Gasteiger charge is 2.14. The van der Waals surface area contributed by atoms with Gasteiger partial charge in [-0.25, -0.2) is 4.79 Å². The van der Waals surface area contributed by atoms with Gasteiger partial charge in [0.1, 0.15) is 12.4 Å². The van der Waals surface area contributed by atoms with E-state index in [9.17, 15) is 19.5 Å². The normalized spacial score (nSPS) is 10.7. The molecule has 11 heteroatoms. The molecule has 0 heterocycles. The molecule has 0 fully saturated rings. The Kier molecular flexibility index (Phi) is 11.0. The molecule has 3 amide bonds. The summed E-state index contributed by atoms with van der Waals surface area (Å²) in [6.45, 7) is 5.08. The van der Waals surface area contributed by atoms with Crippen LogP contribution in [0.15, 0.2) is 60.7 Å². The monoisotopic (exact) mass is 572 g/mol. The van der Waals surface area contributed by atoms with Crippen molar-refractivity contribution in [2.24, 2.45) is 0 Å². The number of carbonyl (C=O) groups excluding carboxylic acids is 3. The van der Waals surface area contributed by atoms with E-state index in [4.69, 9.17) is 32.7 Å². The van der Waals surface area contributed by atoms with Gasteiger partial charge in [0.2, 0.25) is 0 Å². The van der Waals surface area contributed by atoms with Crippen LogP contribution < -0.4 is 25.8 Å². The van der Waals surface area contributed by atoms with Crippen LogP contribution in [-0.2, 0) is 4.74 Å². The molecular formula is C28H28Cl2N3O6-. The number of carboxylic acid groups (broad SMARTS) is 1. The third kappa shape index (κ3) is 9.17. The number of hydrogen-bond acceptors (Lipinski definition) is 6. The number of carboxylic acids is 1. The average molecular weight is 573 g/mol. The van der Waals surface area contributed by atoms with Crippen molar-refractivity contribution >= 4 is 52.5 Å². The number of nitrogens with one attached hydrogen (secondary N) is 3. The number of hydrogen-bond donors (Lipinski definition) is 3. The number of ether oxygens (including phenoxy) is 2. The molecule has 0 bridgehead atoms. The van der Waals surface area contributed by atoms with Crippen LogP contribution in [0.4, 0.5) is 16.2 Å². The van der Waals surface area contributed by atoms with E-state index in [0.717, 1.165) is 0 Å². The molecule has 0 aromatic heterocycles. The van der Waals surface area contributed by atoms with Gasteiger partial charge in [-0.15, -0.1) is 0 Å². The van der Waals surface area contributed by atoms with Crippen molar-refractivity contribution in [3.05, 3.63) is 87.4 Å². The van der Waals surface area contributed by atoms with Gasteiger partial charge in [0.25, 0.3) is 5.91 Å². The van der Waals surface area contributed by atoms with Crippen LogP contribution in [0, 0.1) is 0 Å². The zero-order valence-corrected chi connectivity index (χ0v) is 22.9. The van der Waals surface area contributed by atoms with Crippen LogP contribution in [0.25, 0.3) is 0 Å². The first-order chi connectivity index (χ1) is 18.6. The second-order valence-corrected chi connectivity index (χ2v) is 9.54. The zero-order chi connectivity index (χ0) is 28.4. The van der Waals surface area contributed by atoms with Crippen LogP contribution in [0.1, 0.15) is 46.0 Å². The molecule has 3 aromatic rings. The molecule has 3 aromatic carbocycles. The quantitative estimate of drug-likeness (QED) is 0.263. The van der Waals surface area contributed by atoms with Gasteiger partial charge in [-0.2, -0.15) is 0 Å². The Bertz CT molecular complexity index is 1320. The van der Waals surface area contributed by atoms with Crippen molar-refractivity contribution in [3.8, 4) is 5.75 Å². The lowest BCUT2D eigenvalue weighted by Gasteiger charge is -2.15. The maximum Gasteiger partial charge on any atom is 0.319 e. The van der Waals surface area contributed by atoms with E-state index in [-0.39, 0.29) is 60.0 Å². The third-order valence-electron chi connectivity index (χ3n) is 5.50. The molecule has 3 N–H and O–H groups in total. The first-order valence-corrected chi connectivity index (χ1v) is 12.9. The minimum Gasteiger partial charge on any atom is -0.545 e. The first kappa shape index (κ1) is 29.8. The van der Waals surface area contributed by atoms with E-state index < -0.39 is 11.9 Å². The summed E-state index contributed by atoms with van der Waals surface area (Å²) >= 11 is 11.9. The van der Waals surface area contributed by atoms with Crippen LogP contribution in [0.3, 0.4) is 0 Å². The first-order valence-electron chi connectivity index (χ1n) is 12.1. The Balaban J connectivity index is 1.40. The molecule has 39 heavy (non-hydrogen) atoms. The highest BCUT2D eigenvalue weighted by molar-refractivity contribution is 6.37. The molecule has 0 radical (unpaired) electrons. The largest absolute Gasteiger partial charge is 0.545 e. The summed E-state index contributed by atoms with van der Waals surface area (Å²) in [6, 6.07) is 15.8. The Morgan fingerprint density at radius 2 is 1.62 bits per heavy atom. The van der Waals surface area contributed by atoms with Crippen molar-refractivity contribution in [1.82, 2.24) is 5.32 Å². The Hall–Kier alpha value is -3.79. The van der Waals surface area contributed by atoms with Gasteiger partial charge in [-0.3, -0.25) is 4.79 Å². The maximum absolute atomic E-state index is 12.5. The predicted octanol–water partition coefficient (Wildman–Crippen LogP) is 4.95. The summed E-state index contributed by atoms with van der Waals surface area (Å²) in [5.74, 6) is -1.43. The molecule has 0 aliphatic heterocycles. The molecule has 0 saturated carbocycles. The van der Waals surface area contributed by atoms with Crippen LogP contribution in [-0.4, -0.2) is 44.3 Å². The maximum atomic E-state index is 12.5. The molecule has 206 valence electrons. The Morgan fingerprint density at radius 1 is 0.872 bits per heavy atom. The lowest BCUT2D eigenvalue weighted by molar-refractivity contribution is -0.254. The van der Waals surface area contributed by atoms with Crippen molar-refractivity contribution in [1.29, 1.82) is 0 Å². The number of aromatic carboxylic acids is 1. The third-order valence-corrected chi connectivity index (χ3v) is 6.05. The fourth-order valence-corrected chi connectivity index (χ4v) is 3.93. The standard InChI is InChI=1S/C28H29Cl2N3O6/c1-17(2)18-3-6-20(7-4-18)32-28(37)31-11-12-38-13-14-39-21-8-10-25(23(16-21)27(35)36)33-26(34)22-9-5-19(29)15-24(22)30/h3-10,15-17H,11-14H2,1-2H3,(H,33,34)(H,35,36)(H2,31,32,37)/p-1. The topological polar surface area (TPSA) is 129 Å². The van der Waals surface area contributed by atoms with E-state index in [1.807, 2.05) is 24.3 Å². The lowest BCUT2D eigenvalue weighted by Crippen LogP contribution is -2.31. The fraction of sp³-hybridized carbons (Fsp3) is 0.250. The van der Waals surface area contributed by atoms with Gasteiger partial charge in [0, 0.05) is 22.8 Å². The average Bonchev–Trinajstić information content (AvgIpc) is 2.88. The predicted molar refractivity (Wildman–Crippen MR) is 149 cm³/mol. The van der Waals surface area contributed by atoms with Gasteiger partial charge in [0.15, 0.2) is 0 Å². The molecule has 0 saturated heterocycles. The van der Waals surface area contributed by atoms with Crippen LogP contribution in [0.5, 0.6) is 5.75 Å². The number of anilines is 2. The summed E-state index contributed by atoms with van der Waals surface area (Å²) in [4.78, 5) is 36.2. The van der Waals surface area contributed by atoms with Gasteiger partial charge in [-0.1, -0.05) is 49.2 Å². The van der Waals surface area contributed by atoms with Crippen molar-refractivity contribution in [2.75, 3.05) is 37.0 Å². The van der Waals surface area contributed by atoms with Crippen LogP contribution >= 0.6 is 23.2 Å². The summed E-state index contributed by atoms with van der Waals surface area (Å²) in [5.41, 5.74) is 1.78. The summed E-state index contributed by atoms with van der Waals surface area (Å²) in [6.07, 6.45) is 0. The van der Waals surface area contributed by atoms with E-state index in [0.29, 0.717) is 16.6 Å². The molecule has 0 atom stereocenters. The summed E-state index contributed by atoms with van der Waals surface area (Å²) in [5, 5.41) is 20.1. The molecule has 0 unspecified atom stereocenters. The number of amides is 3. The number of benzene rings is 3. The SMILES string of the molecule is CC(C)c1ccc(NC(=O)NCCOCCOc2ccc(NC(=O)c3ccc(Cl)cc3Cl)c(C(=O)[O-])c2)cc1. The van der Waals surface area contributed by atoms with Crippen molar-refractivity contribution in [2.45, 2.75) is 19.8 Å². The van der Waals surface area contributed by atoms with E-state index >= 15 is 0 Å². The van der Waals surface area contributed by atoms with Gasteiger partial charge >= 0.3 is 6.03 Å². The van der Waals surface area contributed by atoms with Crippen LogP contribution in [0.2, 0.25) is 10.0 Å². The van der Waals surface area contributed by atoms with Crippen molar-refractivity contribution in [3.63, 3.8) is 0 Å². The highest BCUT2D eigenvalue weighted by Crippen LogP contribution is 2.25.